The van der Waals surface area contributed by atoms with Gasteiger partial charge in [-0.2, -0.15) is 0 Å². The summed E-state index contributed by atoms with van der Waals surface area (Å²) in [6, 6.07) is 9.16. The molecule has 1 aromatic carbocycles. The molecule has 1 fully saturated rings. The summed E-state index contributed by atoms with van der Waals surface area (Å²) in [5, 5.41) is 3.92. The Bertz CT molecular complexity index is 650. The van der Waals surface area contributed by atoms with Gasteiger partial charge in [-0.15, -0.1) is 0 Å². The van der Waals surface area contributed by atoms with Crippen LogP contribution in [0.5, 0.6) is 5.75 Å². The van der Waals surface area contributed by atoms with E-state index in [9.17, 15) is 4.79 Å². The molecule has 0 saturated carbocycles. The normalized spacial score (nSPS) is 18.0. The summed E-state index contributed by atoms with van der Waals surface area (Å²) in [4.78, 5) is 14.6. The van der Waals surface area contributed by atoms with E-state index < -0.39 is 0 Å². The fourth-order valence-corrected chi connectivity index (χ4v) is 2.82. The number of carbonyl (C=O) groups excluding carboxylic acids is 1. The Kier molecular flexibility index (Phi) is 3.64. The first-order valence-electron chi connectivity index (χ1n) is 7.08. The molecular weight excluding hydrogens is 268 g/mol. The quantitative estimate of drug-likeness (QED) is 0.870. The molecule has 1 aromatic heterocycles. The number of nitrogens with zero attached hydrogens (tertiary/aromatic N) is 2. The van der Waals surface area contributed by atoms with Crippen LogP contribution in [-0.2, 0) is 0 Å². The van der Waals surface area contributed by atoms with E-state index in [1.165, 1.54) is 0 Å². The zero-order valence-corrected chi connectivity index (χ0v) is 12.2. The number of hydrogen-bond donors (Lipinski definition) is 0. The van der Waals surface area contributed by atoms with Gasteiger partial charge in [0.15, 0.2) is 5.76 Å². The number of aryl methyl sites for hydroxylation is 1. The van der Waals surface area contributed by atoms with Gasteiger partial charge >= 0.3 is 0 Å². The van der Waals surface area contributed by atoms with Crippen molar-refractivity contribution in [1.82, 2.24) is 10.1 Å². The monoisotopic (exact) mass is 286 g/mol. The molecule has 0 N–H and O–H groups in total. The highest BCUT2D eigenvalue weighted by atomic mass is 16.5. The van der Waals surface area contributed by atoms with Gasteiger partial charge in [-0.05, 0) is 31.9 Å². The third-order valence-corrected chi connectivity index (χ3v) is 3.83. The van der Waals surface area contributed by atoms with Crippen LogP contribution in [0.25, 0.3) is 0 Å². The van der Waals surface area contributed by atoms with Crippen molar-refractivity contribution in [2.75, 3.05) is 13.7 Å². The minimum Gasteiger partial charge on any atom is -0.496 e. The maximum atomic E-state index is 12.8. The third kappa shape index (κ3) is 2.51. The molecular formula is C16H18N2O3. The zero-order valence-electron chi connectivity index (χ0n) is 12.2. The van der Waals surface area contributed by atoms with Crippen LogP contribution in [0.15, 0.2) is 34.9 Å². The predicted octanol–water partition coefficient (Wildman–Crippen LogP) is 2.97. The minimum absolute atomic E-state index is 0.0241. The van der Waals surface area contributed by atoms with E-state index in [1.54, 1.807) is 19.2 Å². The SMILES string of the molecule is COc1ccccc1C(=O)N1CCCC1c1cc(C)no1. The van der Waals surface area contributed by atoms with Crippen LogP contribution >= 0.6 is 0 Å². The first-order chi connectivity index (χ1) is 10.2. The highest BCUT2D eigenvalue weighted by molar-refractivity contribution is 5.97. The van der Waals surface area contributed by atoms with Gasteiger partial charge in [0.05, 0.1) is 24.4 Å². The lowest BCUT2D eigenvalue weighted by Gasteiger charge is -2.23. The molecule has 1 atom stereocenters. The lowest BCUT2D eigenvalue weighted by atomic mass is 10.1. The van der Waals surface area contributed by atoms with Crippen molar-refractivity contribution in [3.63, 3.8) is 0 Å². The summed E-state index contributed by atoms with van der Waals surface area (Å²) in [5.41, 5.74) is 1.42. The Morgan fingerprint density at radius 1 is 1.43 bits per heavy atom. The van der Waals surface area contributed by atoms with Gasteiger partial charge in [0, 0.05) is 12.6 Å². The Morgan fingerprint density at radius 3 is 2.95 bits per heavy atom. The first-order valence-corrected chi connectivity index (χ1v) is 7.08. The van der Waals surface area contributed by atoms with E-state index in [0.29, 0.717) is 11.3 Å². The number of likely N-dealkylation sites (tertiary alicyclic amines) is 1. The summed E-state index contributed by atoms with van der Waals surface area (Å²) in [6.07, 6.45) is 1.86. The molecule has 1 aliphatic rings. The van der Waals surface area contributed by atoms with Gasteiger partial charge in [-0.3, -0.25) is 4.79 Å². The molecule has 5 heteroatoms. The van der Waals surface area contributed by atoms with Gasteiger partial charge in [-0.25, -0.2) is 0 Å². The van der Waals surface area contributed by atoms with Crippen LogP contribution in [0, 0.1) is 6.92 Å². The van der Waals surface area contributed by atoms with E-state index in [1.807, 2.05) is 30.0 Å². The van der Waals surface area contributed by atoms with Gasteiger partial charge < -0.3 is 14.2 Å². The lowest BCUT2D eigenvalue weighted by molar-refractivity contribution is 0.0711. The number of rotatable bonds is 3. The van der Waals surface area contributed by atoms with Crippen LogP contribution in [0.2, 0.25) is 0 Å². The molecule has 2 aromatic rings. The lowest BCUT2D eigenvalue weighted by Crippen LogP contribution is -2.30. The van der Waals surface area contributed by atoms with Gasteiger partial charge in [-0.1, -0.05) is 17.3 Å². The molecule has 1 saturated heterocycles. The molecule has 3 rings (SSSR count). The van der Waals surface area contributed by atoms with Crippen molar-refractivity contribution in [3.05, 3.63) is 47.3 Å². The topological polar surface area (TPSA) is 55.6 Å². The Balaban J connectivity index is 1.89. The van der Waals surface area contributed by atoms with Gasteiger partial charge in [0.25, 0.3) is 5.91 Å². The van der Waals surface area contributed by atoms with Crippen LogP contribution in [0.4, 0.5) is 0 Å². The number of methoxy groups -OCH3 is 1. The largest absolute Gasteiger partial charge is 0.496 e. The van der Waals surface area contributed by atoms with Crippen LogP contribution in [0.1, 0.15) is 40.7 Å². The average molecular weight is 286 g/mol. The molecule has 21 heavy (non-hydrogen) atoms. The maximum Gasteiger partial charge on any atom is 0.258 e. The highest BCUT2D eigenvalue weighted by Gasteiger charge is 2.34. The van der Waals surface area contributed by atoms with Crippen LogP contribution < -0.4 is 4.74 Å². The maximum absolute atomic E-state index is 12.8. The summed E-state index contributed by atoms with van der Waals surface area (Å²) in [5.74, 6) is 1.33. The van der Waals surface area contributed by atoms with E-state index in [4.69, 9.17) is 9.26 Å². The van der Waals surface area contributed by atoms with E-state index in [0.717, 1.165) is 30.8 Å². The minimum atomic E-state index is -0.0383. The van der Waals surface area contributed by atoms with Crippen LogP contribution in [-0.4, -0.2) is 29.6 Å². The summed E-state index contributed by atoms with van der Waals surface area (Å²) < 4.78 is 10.6. The highest BCUT2D eigenvalue weighted by Crippen LogP contribution is 2.34. The molecule has 0 aliphatic carbocycles. The number of amides is 1. The number of para-hydroxylation sites is 1. The van der Waals surface area contributed by atoms with Crippen molar-refractivity contribution < 1.29 is 14.1 Å². The average Bonchev–Trinajstić information content (AvgIpc) is 3.14. The standard InChI is InChI=1S/C16H18N2O3/c1-11-10-15(21-17-11)13-7-5-9-18(13)16(19)12-6-3-4-8-14(12)20-2/h3-4,6,8,10,13H,5,7,9H2,1-2H3. The molecule has 1 unspecified atom stereocenters. The fraction of sp³-hybridized carbons (Fsp3) is 0.375. The number of aromatic nitrogens is 1. The van der Waals surface area contributed by atoms with Gasteiger partial charge in [0.1, 0.15) is 5.75 Å². The molecule has 0 bridgehead atoms. The summed E-state index contributed by atoms with van der Waals surface area (Å²) >= 11 is 0. The second kappa shape index (κ2) is 5.60. The zero-order chi connectivity index (χ0) is 14.8. The second-order valence-electron chi connectivity index (χ2n) is 5.23. The molecule has 2 heterocycles. The van der Waals surface area contributed by atoms with E-state index >= 15 is 0 Å². The van der Waals surface area contributed by atoms with E-state index in [-0.39, 0.29) is 11.9 Å². The smallest absolute Gasteiger partial charge is 0.258 e. The van der Waals surface area contributed by atoms with Crippen molar-refractivity contribution in [3.8, 4) is 5.75 Å². The van der Waals surface area contributed by atoms with Crippen LogP contribution in [0.3, 0.4) is 0 Å². The summed E-state index contributed by atoms with van der Waals surface area (Å²) in [7, 11) is 1.58. The molecule has 5 nitrogen and oxygen atoms in total. The number of ether oxygens (including phenoxy) is 1. The molecule has 0 radical (unpaired) electrons. The predicted molar refractivity (Wildman–Crippen MR) is 77.2 cm³/mol. The summed E-state index contributed by atoms with van der Waals surface area (Å²) in [6.45, 7) is 2.61. The van der Waals surface area contributed by atoms with Gasteiger partial charge in [0.2, 0.25) is 0 Å². The number of hydrogen-bond acceptors (Lipinski definition) is 4. The molecule has 110 valence electrons. The van der Waals surface area contributed by atoms with Crippen molar-refractivity contribution in [2.45, 2.75) is 25.8 Å². The first kappa shape index (κ1) is 13.7. The van der Waals surface area contributed by atoms with Crippen molar-refractivity contribution >= 4 is 5.91 Å². The Morgan fingerprint density at radius 2 is 2.24 bits per heavy atom. The van der Waals surface area contributed by atoms with E-state index in [2.05, 4.69) is 5.16 Å². The third-order valence-electron chi connectivity index (χ3n) is 3.83. The number of benzene rings is 1. The fourth-order valence-electron chi connectivity index (χ4n) is 2.82. The van der Waals surface area contributed by atoms with Crippen molar-refractivity contribution in [1.29, 1.82) is 0 Å². The number of carbonyl (C=O) groups is 1. The Labute approximate surface area is 123 Å². The van der Waals surface area contributed by atoms with Crippen molar-refractivity contribution in [2.24, 2.45) is 0 Å². The Hall–Kier alpha value is -2.30. The molecule has 1 amide bonds. The molecule has 1 aliphatic heterocycles. The second-order valence-corrected chi connectivity index (χ2v) is 5.23. The molecule has 0 spiro atoms.